The van der Waals surface area contributed by atoms with Gasteiger partial charge in [-0.05, 0) is 20.3 Å². The zero-order valence-corrected chi connectivity index (χ0v) is 12.1. The van der Waals surface area contributed by atoms with Crippen LogP contribution in [0.25, 0.3) is 0 Å². The Morgan fingerprint density at radius 1 is 1.22 bits per heavy atom. The summed E-state index contributed by atoms with van der Waals surface area (Å²) in [6.07, 6.45) is 0.878. The normalized spacial score (nSPS) is 10.6. The lowest BCUT2D eigenvalue weighted by molar-refractivity contribution is 0.371. The zero-order chi connectivity index (χ0) is 13.5. The van der Waals surface area contributed by atoms with Gasteiger partial charge in [0.25, 0.3) is 0 Å². The van der Waals surface area contributed by atoms with Crippen LogP contribution in [0.3, 0.4) is 0 Å². The van der Waals surface area contributed by atoms with E-state index in [0.29, 0.717) is 23.6 Å². The Morgan fingerprint density at radius 2 is 1.78 bits per heavy atom. The van der Waals surface area contributed by atoms with Crippen molar-refractivity contribution in [3.05, 3.63) is 6.07 Å². The molecule has 5 nitrogen and oxygen atoms in total. The predicted octanol–water partition coefficient (Wildman–Crippen LogP) is 2.34. The topological polar surface area (TPSA) is 47.5 Å². The molecule has 0 aromatic carbocycles. The Hall–Kier alpha value is -1.23. The first-order chi connectivity index (χ1) is 8.62. The summed E-state index contributed by atoms with van der Waals surface area (Å²) >= 11 is 5.74. The predicted molar refractivity (Wildman–Crippen MR) is 73.0 cm³/mol. The van der Waals surface area contributed by atoms with E-state index in [-0.39, 0.29) is 6.04 Å². The molecule has 0 aliphatic rings. The Balaban J connectivity index is 3.02. The molecule has 0 N–H and O–H groups in total. The van der Waals surface area contributed by atoms with E-state index in [1.165, 1.54) is 0 Å². The third kappa shape index (κ3) is 3.91. The van der Waals surface area contributed by atoms with Gasteiger partial charge in [0.2, 0.25) is 17.7 Å². The molecular formula is C12H20ClN3O2. The maximum Gasteiger partial charge on any atom is 0.232 e. The Morgan fingerprint density at radius 3 is 2.17 bits per heavy atom. The Labute approximate surface area is 113 Å². The van der Waals surface area contributed by atoms with E-state index < -0.39 is 0 Å². The molecule has 0 spiro atoms. The average Bonchev–Trinajstić information content (AvgIpc) is 2.38. The fraction of sp³-hybridized carbons (Fsp3) is 0.667. The third-order valence-corrected chi connectivity index (χ3v) is 2.77. The highest BCUT2D eigenvalue weighted by Gasteiger charge is 2.15. The lowest BCUT2D eigenvalue weighted by Crippen LogP contribution is -2.33. The van der Waals surface area contributed by atoms with Crippen LogP contribution in [0, 0.1) is 0 Å². The molecule has 0 saturated carbocycles. The number of hydrogen-bond acceptors (Lipinski definition) is 5. The average molecular weight is 274 g/mol. The molecule has 1 heterocycles. The van der Waals surface area contributed by atoms with Gasteiger partial charge >= 0.3 is 0 Å². The minimum atomic E-state index is 0.282. The van der Waals surface area contributed by atoms with Crippen LogP contribution in [0.1, 0.15) is 20.3 Å². The number of aromatic nitrogens is 2. The number of alkyl halides is 1. The van der Waals surface area contributed by atoms with Gasteiger partial charge in [-0.1, -0.05) is 0 Å². The summed E-state index contributed by atoms with van der Waals surface area (Å²) in [5.41, 5.74) is 0. The summed E-state index contributed by atoms with van der Waals surface area (Å²) in [5, 5.41) is 0. The summed E-state index contributed by atoms with van der Waals surface area (Å²) < 4.78 is 10.3. The molecule has 1 aromatic rings. The van der Waals surface area contributed by atoms with Crippen molar-refractivity contribution in [1.82, 2.24) is 9.97 Å². The molecule has 0 amide bonds. The number of methoxy groups -OCH3 is 2. The van der Waals surface area contributed by atoms with Crippen molar-refractivity contribution in [1.29, 1.82) is 0 Å². The van der Waals surface area contributed by atoms with Crippen LogP contribution in [0.2, 0.25) is 0 Å². The molecule has 0 bridgehead atoms. The van der Waals surface area contributed by atoms with E-state index in [9.17, 15) is 0 Å². The summed E-state index contributed by atoms with van der Waals surface area (Å²) in [4.78, 5) is 10.8. The van der Waals surface area contributed by atoms with Crippen molar-refractivity contribution >= 4 is 17.5 Å². The van der Waals surface area contributed by atoms with Crippen molar-refractivity contribution in [3.63, 3.8) is 0 Å². The molecule has 0 radical (unpaired) electrons. The highest BCUT2D eigenvalue weighted by Crippen LogP contribution is 2.21. The molecule has 0 fully saturated rings. The Bertz CT molecular complexity index is 352. The van der Waals surface area contributed by atoms with Gasteiger partial charge in [-0.3, -0.25) is 0 Å². The van der Waals surface area contributed by atoms with Crippen LogP contribution in [0.15, 0.2) is 6.07 Å². The van der Waals surface area contributed by atoms with Gasteiger partial charge in [-0.2, -0.15) is 9.97 Å². The van der Waals surface area contributed by atoms with Gasteiger partial charge in [0, 0.05) is 18.5 Å². The SMILES string of the molecule is COc1cc(OC)nc(N(CCCCl)C(C)C)n1. The lowest BCUT2D eigenvalue weighted by Gasteiger charge is -2.26. The number of rotatable bonds is 7. The van der Waals surface area contributed by atoms with Gasteiger partial charge in [-0.15, -0.1) is 11.6 Å². The molecule has 102 valence electrons. The summed E-state index contributed by atoms with van der Waals surface area (Å²) in [6, 6.07) is 1.94. The van der Waals surface area contributed by atoms with Gasteiger partial charge in [0.1, 0.15) is 0 Å². The van der Waals surface area contributed by atoms with Crippen LogP contribution >= 0.6 is 11.6 Å². The minimum absolute atomic E-state index is 0.282. The van der Waals surface area contributed by atoms with Gasteiger partial charge in [0.05, 0.1) is 20.3 Å². The lowest BCUT2D eigenvalue weighted by atomic mass is 10.3. The zero-order valence-electron chi connectivity index (χ0n) is 11.3. The Kier molecular flexibility index (Phi) is 5.98. The second-order valence-corrected chi connectivity index (χ2v) is 4.46. The summed E-state index contributed by atoms with van der Waals surface area (Å²) in [6.45, 7) is 4.98. The molecular weight excluding hydrogens is 254 g/mol. The molecule has 18 heavy (non-hydrogen) atoms. The largest absolute Gasteiger partial charge is 0.481 e. The summed E-state index contributed by atoms with van der Waals surface area (Å²) in [5.74, 6) is 2.21. The standard InChI is InChI=1S/C12H20ClN3O2/c1-9(2)16(7-5-6-13)12-14-10(17-3)8-11(15-12)18-4/h8-9H,5-7H2,1-4H3. The second kappa shape index (κ2) is 7.26. The number of anilines is 1. The van der Waals surface area contributed by atoms with Crippen LogP contribution in [-0.4, -0.2) is 42.7 Å². The highest BCUT2D eigenvalue weighted by molar-refractivity contribution is 6.17. The van der Waals surface area contributed by atoms with Crippen molar-refractivity contribution in [2.45, 2.75) is 26.3 Å². The van der Waals surface area contributed by atoms with Crippen molar-refractivity contribution < 1.29 is 9.47 Å². The number of ether oxygens (including phenoxy) is 2. The van der Waals surface area contributed by atoms with E-state index in [0.717, 1.165) is 13.0 Å². The van der Waals surface area contributed by atoms with Crippen molar-refractivity contribution in [2.24, 2.45) is 0 Å². The number of nitrogens with zero attached hydrogens (tertiary/aromatic N) is 3. The third-order valence-electron chi connectivity index (χ3n) is 2.50. The van der Waals surface area contributed by atoms with Gasteiger partial charge < -0.3 is 14.4 Å². The van der Waals surface area contributed by atoms with E-state index in [2.05, 4.69) is 28.7 Å². The molecule has 1 rings (SSSR count). The highest BCUT2D eigenvalue weighted by atomic mass is 35.5. The molecule has 0 aliphatic heterocycles. The first-order valence-corrected chi connectivity index (χ1v) is 6.45. The van der Waals surface area contributed by atoms with Gasteiger partial charge in [0.15, 0.2) is 0 Å². The molecule has 0 atom stereocenters. The molecule has 0 unspecified atom stereocenters. The minimum Gasteiger partial charge on any atom is -0.481 e. The van der Waals surface area contributed by atoms with Crippen LogP contribution in [0.4, 0.5) is 5.95 Å². The van der Waals surface area contributed by atoms with Crippen molar-refractivity contribution in [3.8, 4) is 11.8 Å². The first-order valence-electron chi connectivity index (χ1n) is 5.92. The van der Waals surface area contributed by atoms with E-state index in [1.54, 1.807) is 20.3 Å². The van der Waals surface area contributed by atoms with Gasteiger partial charge in [-0.25, -0.2) is 0 Å². The summed E-state index contributed by atoms with van der Waals surface area (Å²) in [7, 11) is 3.15. The van der Waals surface area contributed by atoms with E-state index >= 15 is 0 Å². The van der Waals surface area contributed by atoms with E-state index in [4.69, 9.17) is 21.1 Å². The van der Waals surface area contributed by atoms with Crippen LogP contribution in [-0.2, 0) is 0 Å². The fourth-order valence-electron chi connectivity index (χ4n) is 1.55. The quantitative estimate of drug-likeness (QED) is 0.714. The molecule has 0 aliphatic carbocycles. The van der Waals surface area contributed by atoms with Crippen LogP contribution < -0.4 is 14.4 Å². The molecule has 0 saturated heterocycles. The molecule has 6 heteroatoms. The monoisotopic (exact) mass is 273 g/mol. The second-order valence-electron chi connectivity index (χ2n) is 4.08. The van der Waals surface area contributed by atoms with Crippen molar-refractivity contribution in [2.75, 3.05) is 31.5 Å². The number of halogens is 1. The number of hydrogen-bond donors (Lipinski definition) is 0. The fourth-order valence-corrected chi connectivity index (χ4v) is 1.67. The van der Waals surface area contributed by atoms with Crippen LogP contribution in [0.5, 0.6) is 11.8 Å². The smallest absolute Gasteiger partial charge is 0.232 e. The maximum atomic E-state index is 5.74. The first kappa shape index (κ1) is 14.8. The molecule has 1 aromatic heterocycles. The van der Waals surface area contributed by atoms with E-state index in [1.807, 2.05) is 0 Å². The maximum absolute atomic E-state index is 5.74.